The van der Waals surface area contributed by atoms with E-state index in [4.69, 9.17) is 30.2 Å². The lowest BCUT2D eigenvalue weighted by atomic mass is 10.2. The van der Waals surface area contributed by atoms with Crippen molar-refractivity contribution in [3.05, 3.63) is 73.5 Å². The molecule has 0 amide bonds. The molecule has 1 aliphatic rings. The third-order valence-electron chi connectivity index (χ3n) is 6.20. The summed E-state index contributed by atoms with van der Waals surface area (Å²) in [4.78, 5) is 35.4. The summed E-state index contributed by atoms with van der Waals surface area (Å²) in [5, 5.41) is 0.599. The van der Waals surface area contributed by atoms with Gasteiger partial charge in [0.2, 0.25) is 5.89 Å². The Morgan fingerprint density at radius 3 is 2.68 bits per heavy atom. The minimum atomic E-state index is -0.489. The van der Waals surface area contributed by atoms with Gasteiger partial charge in [0.05, 0.1) is 25.9 Å². The van der Waals surface area contributed by atoms with Crippen molar-refractivity contribution in [1.29, 1.82) is 0 Å². The number of aromatic nitrogens is 5. The summed E-state index contributed by atoms with van der Waals surface area (Å²) in [6.07, 6.45) is 4.11. The lowest BCUT2D eigenvalue weighted by Crippen LogP contribution is -2.41. The number of nitrogens with zero attached hydrogens (tertiary/aromatic N) is 5. The molecule has 4 heterocycles. The van der Waals surface area contributed by atoms with E-state index in [2.05, 4.69) is 9.97 Å². The van der Waals surface area contributed by atoms with Gasteiger partial charge >= 0.3 is 5.69 Å². The van der Waals surface area contributed by atoms with Crippen LogP contribution in [0.5, 0.6) is 6.01 Å². The monoisotopic (exact) mass is 529 g/mol. The zero-order valence-corrected chi connectivity index (χ0v) is 21.4. The molecule has 1 unspecified atom stereocenters. The van der Waals surface area contributed by atoms with Crippen LogP contribution in [-0.2, 0) is 36.2 Å². The van der Waals surface area contributed by atoms with E-state index in [1.807, 2.05) is 12.1 Å². The van der Waals surface area contributed by atoms with E-state index in [0.717, 1.165) is 29.4 Å². The van der Waals surface area contributed by atoms with Crippen LogP contribution in [0.3, 0.4) is 0 Å². The van der Waals surface area contributed by atoms with Crippen molar-refractivity contribution in [3.63, 3.8) is 0 Å². The van der Waals surface area contributed by atoms with Gasteiger partial charge in [-0.2, -0.15) is 4.98 Å². The Kier molecular flexibility index (Phi) is 7.45. The molecule has 0 bridgehead atoms. The molecule has 4 aromatic rings. The van der Waals surface area contributed by atoms with Crippen molar-refractivity contribution in [1.82, 2.24) is 23.7 Å². The summed E-state index contributed by atoms with van der Waals surface area (Å²) < 4.78 is 26.9. The molecule has 11 nitrogen and oxygen atoms in total. The number of ether oxygens (including phenoxy) is 3. The van der Waals surface area contributed by atoms with E-state index >= 15 is 0 Å². The molecule has 1 aliphatic heterocycles. The number of hydrogen-bond acceptors (Lipinski definition) is 8. The molecular weight excluding hydrogens is 502 g/mol. The van der Waals surface area contributed by atoms with Crippen LogP contribution in [0.1, 0.15) is 36.5 Å². The van der Waals surface area contributed by atoms with Crippen molar-refractivity contribution in [3.8, 4) is 6.01 Å². The third-order valence-corrected chi connectivity index (χ3v) is 6.45. The van der Waals surface area contributed by atoms with Gasteiger partial charge in [0.25, 0.3) is 11.6 Å². The van der Waals surface area contributed by atoms with Crippen molar-refractivity contribution in [2.75, 3.05) is 13.2 Å². The van der Waals surface area contributed by atoms with Gasteiger partial charge in [-0.25, -0.2) is 9.78 Å². The maximum Gasteiger partial charge on any atom is 0.332 e. The first kappa shape index (κ1) is 25.2. The van der Waals surface area contributed by atoms with Gasteiger partial charge in [0.1, 0.15) is 5.76 Å². The Balaban J connectivity index is 1.51. The van der Waals surface area contributed by atoms with Gasteiger partial charge in [0.15, 0.2) is 24.1 Å². The molecule has 12 heteroatoms. The fraction of sp³-hybridized carbons (Fsp3) is 0.440. The fourth-order valence-corrected chi connectivity index (χ4v) is 4.42. The second-order valence-electron chi connectivity index (χ2n) is 8.90. The molecule has 3 aromatic heterocycles. The first-order valence-electron chi connectivity index (χ1n) is 12.1. The molecule has 0 radical (unpaired) electrons. The second kappa shape index (κ2) is 10.9. The number of halogens is 1. The molecule has 1 atom stereocenters. The maximum absolute atomic E-state index is 13.6. The van der Waals surface area contributed by atoms with Crippen LogP contribution in [0.4, 0.5) is 0 Å². The predicted molar refractivity (Wildman–Crippen MR) is 135 cm³/mol. The summed E-state index contributed by atoms with van der Waals surface area (Å²) in [7, 11) is 1.58. The summed E-state index contributed by atoms with van der Waals surface area (Å²) in [6, 6.07) is 7.41. The van der Waals surface area contributed by atoms with Crippen molar-refractivity contribution < 1.29 is 18.6 Å². The predicted octanol–water partition coefficient (Wildman–Crippen LogP) is 3.02. The summed E-state index contributed by atoms with van der Waals surface area (Å²) in [5.41, 5.74) is 0.365. The zero-order chi connectivity index (χ0) is 25.9. The van der Waals surface area contributed by atoms with Crippen molar-refractivity contribution >= 4 is 22.8 Å². The van der Waals surface area contributed by atoms with Crippen LogP contribution in [0.25, 0.3) is 11.2 Å². The molecule has 37 heavy (non-hydrogen) atoms. The normalized spacial score (nSPS) is 15.9. The third kappa shape index (κ3) is 5.48. The first-order chi connectivity index (χ1) is 17.9. The quantitative estimate of drug-likeness (QED) is 0.325. The Labute approximate surface area is 217 Å². The van der Waals surface area contributed by atoms with Gasteiger partial charge in [-0.05, 0) is 43.9 Å². The van der Waals surface area contributed by atoms with Gasteiger partial charge in [-0.1, -0.05) is 23.7 Å². The molecular formula is C25H28ClN5O6. The highest BCUT2D eigenvalue weighted by Crippen LogP contribution is 2.22. The largest absolute Gasteiger partial charge is 0.455 e. The number of hydrogen-bond donors (Lipinski definition) is 0. The minimum Gasteiger partial charge on any atom is -0.455 e. The topological polar surface area (TPSA) is 116 Å². The van der Waals surface area contributed by atoms with Crippen LogP contribution in [0.2, 0.25) is 5.02 Å². The SMILES string of the molecule is Cc1cnc(COc2nc3c(c(=O)n(CCOC4CCCCO4)c(=O)n3C)n2Cc2ccc(Cl)cc2)o1. The molecule has 1 aromatic carbocycles. The van der Waals surface area contributed by atoms with Crippen LogP contribution in [0, 0.1) is 6.92 Å². The lowest BCUT2D eigenvalue weighted by Gasteiger charge is -2.22. The van der Waals surface area contributed by atoms with Crippen LogP contribution in [0.15, 0.2) is 44.5 Å². The molecule has 1 fully saturated rings. The Morgan fingerprint density at radius 2 is 1.97 bits per heavy atom. The Bertz CT molecular complexity index is 1500. The van der Waals surface area contributed by atoms with Crippen LogP contribution < -0.4 is 16.0 Å². The fourth-order valence-electron chi connectivity index (χ4n) is 4.29. The zero-order valence-electron chi connectivity index (χ0n) is 20.7. The van der Waals surface area contributed by atoms with E-state index in [9.17, 15) is 9.59 Å². The number of benzene rings is 1. The van der Waals surface area contributed by atoms with Gasteiger partial charge in [0, 0.05) is 18.7 Å². The Morgan fingerprint density at radius 1 is 1.16 bits per heavy atom. The number of rotatable bonds is 9. The Hall–Kier alpha value is -3.41. The molecule has 0 aliphatic carbocycles. The first-order valence-corrected chi connectivity index (χ1v) is 12.5. The summed E-state index contributed by atoms with van der Waals surface area (Å²) in [6.45, 7) is 2.97. The van der Waals surface area contributed by atoms with Gasteiger partial charge < -0.3 is 18.6 Å². The van der Waals surface area contributed by atoms with Crippen molar-refractivity contribution in [2.24, 2.45) is 7.05 Å². The van der Waals surface area contributed by atoms with E-state index in [0.29, 0.717) is 23.3 Å². The minimum absolute atomic E-state index is 0.00907. The average molecular weight is 530 g/mol. The van der Waals surface area contributed by atoms with Crippen molar-refractivity contribution in [2.45, 2.75) is 52.2 Å². The van der Waals surface area contributed by atoms with Gasteiger partial charge in [-0.3, -0.25) is 18.5 Å². The molecule has 1 saturated heterocycles. The highest BCUT2D eigenvalue weighted by molar-refractivity contribution is 6.30. The maximum atomic E-state index is 13.6. The van der Waals surface area contributed by atoms with E-state index in [-0.39, 0.29) is 49.8 Å². The number of imidazole rings is 1. The van der Waals surface area contributed by atoms with Crippen LogP contribution in [-0.4, -0.2) is 43.2 Å². The summed E-state index contributed by atoms with van der Waals surface area (Å²) in [5.74, 6) is 1.02. The number of fused-ring (bicyclic) bond motifs is 1. The highest BCUT2D eigenvalue weighted by Gasteiger charge is 2.22. The molecule has 0 N–H and O–H groups in total. The standard InChI is InChI=1S/C25H28ClN5O6/c1-16-13-27-19(37-16)15-36-24-28-22-21(31(24)14-17-6-8-18(26)9-7-17)23(32)30(25(33)29(22)2)10-12-35-20-5-3-4-11-34-20/h6-9,13,20H,3-5,10-12,14-15H2,1-2H3. The number of aryl methyl sites for hydroxylation is 2. The average Bonchev–Trinajstić information content (AvgIpc) is 3.48. The molecule has 0 spiro atoms. The number of oxazole rings is 1. The molecule has 196 valence electrons. The lowest BCUT2D eigenvalue weighted by molar-refractivity contribution is -0.163. The smallest absolute Gasteiger partial charge is 0.332 e. The molecule has 0 saturated carbocycles. The second-order valence-corrected chi connectivity index (χ2v) is 9.33. The summed E-state index contributed by atoms with van der Waals surface area (Å²) >= 11 is 6.05. The van der Waals surface area contributed by atoms with Gasteiger partial charge in [-0.15, -0.1) is 0 Å². The molecule has 5 rings (SSSR count). The van der Waals surface area contributed by atoms with E-state index < -0.39 is 11.2 Å². The van der Waals surface area contributed by atoms with E-state index in [1.165, 1.54) is 4.57 Å². The van der Waals surface area contributed by atoms with Crippen LogP contribution >= 0.6 is 11.6 Å². The van der Waals surface area contributed by atoms with E-state index in [1.54, 1.807) is 36.9 Å². The highest BCUT2D eigenvalue weighted by atomic mass is 35.5.